The standard InChI is InChI=1S/C31H31NO3/c1-21(26-14-8-11-23-10-3-4-13-27(23)26)9-7-12-25-20-32(29-15-5-6-16-30(29)35-25)24-18-17-22(2)28(19-24)31(33)34/h3-6,8,10-11,13-19,21,25H,7,9,12,20H2,1-2H3,(H,33,34)/t21-,25?/m0/s1. The zero-order valence-corrected chi connectivity index (χ0v) is 20.3. The van der Waals surface area contributed by atoms with Crippen LogP contribution in [0.2, 0.25) is 0 Å². The third-order valence-electron chi connectivity index (χ3n) is 7.12. The average molecular weight is 466 g/mol. The average Bonchev–Trinajstić information content (AvgIpc) is 2.88. The van der Waals surface area contributed by atoms with Crippen LogP contribution in [0.4, 0.5) is 11.4 Å². The molecule has 4 heteroatoms. The summed E-state index contributed by atoms with van der Waals surface area (Å²) < 4.78 is 6.38. The lowest BCUT2D eigenvalue weighted by atomic mass is 9.90. The fourth-order valence-corrected chi connectivity index (χ4v) is 5.19. The van der Waals surface area contributed by atoms with Gasteiger partial charge in [-0.25, -0.2) is 4.79 Å². The molecule has 1 unspecified atom stereocenters. The van der Waals surface area contributed by atoms with E-state index in [1.54, 1.807) is 6.07 Å². The number of rotatable bonds is 7. The Labute approximate surface area is 206 Å². The van der Waals surface area contributed by atoms with Crippen LogP contribution in [0.1, 0.15) is 53.6 Å². The molecule has 4 nitrogen and oxygen atoms in total. The molecule has 2 atom stereocenters. The van der Waals surface area contributed by atoms with Crippen molar-refractivity contribution in [1.82, 2.24) is 0 Å². The molecular formula is C31H31NO3. The van der Waals surface area contributed by atoms with E-state index in [0.29, 0.717) is 18.0 Å². The minimum atomic E-state index is -0.898. The summed E-state index contributed by atoms with van der Waals surface area (Å²) in [4.78, 5) is 13.9. The Hall–Kier alpha value is -3.79. The summed E-state index contributed by atoms with van der Waals surface area (Å²) in [5.41, 5.74) is 4.38. The molecule has 1 heterocycles. The van der Waals surface area contributed by atoms with Gasteiger partial charge in [0.15, 0.2) is 0 Å². The monoisotopic (exact) mass is 465 g/mol. The van der Waals surface area contributed by atoms with Gasteiger partial charge in [-0.15, -0.1) is 0 Å². The second-order valence-corrected chi connectivity index (χ2v) is 9.52. The fraction of sp³-hybridized carbons (Fsp3) is 0.258. The van der Waals surface area contributed by atoms with Gasteiger partial charge >= 0.3 is 5.97 Å². The van der Waals surface area contributed by atoms with Crippen LogP contribution >= 0.6 is 0 Å². The van der Waals surface area contributed by atoms with E-state index in [0.717, 1.165) is 42.0 Å². The van der Waals surface area contributed by atoms with Gasteiger partial charge in [0.2, 0.25) is 0 Å². The van der Waals surface area contributed by atoms with Gasteiger partial charge in [-0.2, -0.15) is 0 Å². The fourth-order valence-electron chi connectivity index (χ4n) is 5.19. The second-order valence-electron chi connectivity index (χ2n) is 9.52. The van der Waals surface area contributed by atoms with Crippen molar-refractivity contribution in [1.29, 1.82) is 0 Å². The number of carboxylic acids is 1. The molecule has 4 aromatic rings. The third kappa shape index (κ3) is 4.74. The molecule has 1 N–H and O–H groups in total. The van der Waals surface area contributed by atoms with E-state index in [-0.39, 0.29) is 6.10 Å². The molecule has 0 amide bonds. The number of hydrogen-bond acceptors (Lipinski definition) is 3. The molecule has 0 aromatic heterocycles. The first-order valence-electron chi connectivity index (χ1n) is 12.4. The summed E-state index contributed by atoms with van der Waals surface area (Å²) in [7, 11) is 0. The number of carbonyl (C=O) groups is 1. The first-order valence-corrected chi connectivity index (χ1v) is 12.4. The molecule has 0 saturated heterocycles. The topological polar surface area (TPSA) is 49.8 Å². The van der Waals surface area contributed by atoms with Gasteiger partial charge in [-0.3, -0.25) is 0 Å². The minimum absolute atomic E-state index is 0.0409. The molecular weight excluding hydrogens is 434 g/mol. The maximum absolute atomic E-state index is 11.7. The summed E-state index contributed by atoms with van der Waals surface area (Å²) in [5.74, 6) is 0.413. The zero-order valence-electron chi connectivity index (χ0n) is 20.3. The number of fused-ring (bicyclic) bond motifs is 2. The van der Waals surface area contributed by atoms with Gasteiger partial charge in [0.05, 0.1) is 17.8 Å². The third-order valence-corrected chi connectivity index (χ3v) is 7.12. The molecule has 35 heavy (non-hydrogen) atoms. The molecule has 1 aliphatic heterocycles. The van der Waals surface area contributed by atoms with Gasteiger partial charge in [0.1, 0.15) is 11.9 Å². The number of aryl methyl sites for hydroxylation is 1. The van der Waals surface area contributed by atoms with Crippen molar-refractivity contribution in [3.8, 4) is 5.75 Å². The molecule has 0 fully saturated rings. The maximum atomic E-state index is 11.7. The van der Waals surface area contributed by atoms with E-state index in [2.05, 4.69) is 54.3 Å². The number of benzene rings is 4. The number of hydrogen-bond donors (Lipinski definition) is 1. The minimum Gasteiger partial charge on any atom is -0.486 e. The Morgan fingerprint density at radius 2 is 1.80 bits per heavy atom. The normalized spacial score (nSPS) is 15.9. The van der Waals surface area contributed by atoms with Crippen molar-refractivity contribution in [2.24, 2.45) is 0 Å². The van der Waals surface area contributed by atoms with Crippen molar-refractivity contribution < 1.29 is 14.6 Å². The van der Waals surface area contributed by atoms with Crippen LogP contribution in [0.3, 0.4) is 0 Å². The van der Waals surface area contributed by atoms with E-state index < -0.39 is 5.97 Å². The van der Waals surface area contributed by atoms with Crippen LogP contribution in [0.25, 0.3) is 10.8 Å². The van der Waals surface area contributed by atoms with Crippen molar-refractivity contribution >= 4 is 28.1 Å². The van der Waals surface area contributed by atoms with Crippen LogP contribution in [0, 0.1) is 6.92 Å². The summed E-state index contributed by atoms with van der Waals surface area (Å²) in [6, 6.07) is 28.9. The lowest BCUT2D eigenvalue weighted by Crippen LogP contribution is -2.37. The molecule has 4 aromatic carbocycles. The Bertz CT molecular complexity index is 1360. The van der Waals surface area contributed by atoms with E-state index in [1.807, 2.05) is 43.3 Å². The van der Waals surface area contributed by atoms with E-state index in [1.165, 1.54) is 16.3 Å². The maximum Gasteiger partial charge on any atom is 0.336 e. The number of para-hydroxylation sites is 2. The Balaban J connectivity index is 1.31. The quantitative estimate of drug-likeness (QED) is 0.303. The Morgan fingerprint density at radius 1 is 1.03 bits per heavy atom. The molecule has 0 bridgehead atoms. The van der Waals surface area contributed by atoms with Crippen LogP contribution in [-0.4, -0.2) is 23.7 Å². The zero-order chi connectivity index (χ0) is 24.4. The van der Waals surface area contributed by atoms with E-state index >= 15 is 0 Å². The summed E-state index contributed by atoms with van der Waals surface area (Å²) in [6.45, 7) is 4.84. The van der Waals surface area contributed by atoms with Gasteiger partial charge in [-0.1, -0.05) is 67.6 Å². The summed E-state index contributed by atoms with van der Waals surface area (Å²) in [5, 5.41) is 12.2. The highest BCUT2D eigenvalue weighted by atomic mass is 16.5. The van der Waals surface area contributed by atoms with Crippen LogP contribution in [0.15, 0.2) is 84.9 Å². The number of nitrogens with zero attached hydrogens (tertiary/aromatic N) is 1. The Kier molecular flexibility index (Phi) is 6.45. The largest absolute Gasteiger partial charge is 0.486 e. The highest BCUT2D eigenvalue weighted by Crippen LogP contribution is 2.39. The van der Waals surface area contributed by atoms with E-state index in [4.69, 9.17) is 4.74 Å². The number of anilines is 2. The predicted molar refractivity (Wildman–Crippen MR) is 142 cm³/mol. The molecule has 178 valence electrons. The molecule has 0 saturated carbocycles. The van der Waals surface area contributed by atoms with E-state index in [9.17, 15) is 9.90 Å². The van der Waals surface area contributed by atoms with Crippen molar-refractivity contribution in [2.45, 2.75) is 45.1 Å². The highest BCUT2D eigenvalue weighted by molar-refractivity contribution is 5.91. The van der Waals surface area contributed by atoms with Gasteiger partial charge in [0.25, 0.3) is 0 Å². The van der Waals surface area contributed by atoms with Crippen molar-refractivity contribution in [3.63, 3.8) is 0 Å². The lowest BCUT2D eigenvalue weighted by Gasteiger charge is -2.36. The first-order chi connectivity index (χ1) is 17.0. The number of aromatic carboxylic acids is 1. The van der Waals surface area contributed by atoms with Gasteiger partial charge in [0, 0.05) is 5.69 Å². The summed E-state index contributed by atoms with van der Waals surface area (Å²) in [6.07, 6.45) is 3.12. The van der Waals surface area contributed by atoms with Crippen LogP contribution < -0.4 is 9.64 Å². The number of carboxylic acid groups (broad SMARTS) is 1. The van der Waals surface area contributed by atoms with Gasteiger partial charge in [-0.05, 0) is 78.3 Å². The Morgan fingerprint density at radius 3 is 2.66 bits per heavy atom. The summed E-state index contributed by atoms with van der Waals surface area (Å²) >= 11 is 0. The van der Waals surface area contributed by atoms with Crippen molar-refractivity contribution in [3.05, 3.63) is 102 Å². The highest BCUT2D eigenvalue weighted by Gasteiger charge is 2.27. The predicted octanol–water partition coefficient (Wildman–Crippen LogP) is 7.72. The second kappa shape index (κ2) is 9.83. The first kappa shape index (κ1) is 23.0. The van der Waals surface area contributed by atoms with Crippen LogP contribution in [-0.2, 0) is 0 Å². The molecule has 0 radical (unpaired) electrons. The van der Waals surface area contributed by atoms with Crippen LogP contribution in [0.5, 0.6) is 5.75 Å². The molecule has 0 aliphatic carbocycles. The SMILES string of the molecule is Cc1ccc(N2CC(CCC[C@H](C)c3cccc4ccccc34)Oc3ccccc32)cc1C(=O)O. The smallest absolute Gasteiger partial charge is 0.336 e. The molecule has 1 aliphatic rings. The number of ether oxygens (including phenoxy) is 1. The lowest BCUT2D eigenvalue weighted by molar-refractivity contribution is 0.0696. The molecule has 0 spiro atoms. The molecule has 5 rings (SSSR count). The van der Waals surface area contributed by atoms with Crippen molar-refractivity contribution in [2.75, 3.05) is 11.4 Å². The van der Waals surface area contributed by atoms with Gasteiger partial charge < -0.3 is 14.7 Å².